The number of carbonyl (C=O) groups excluding carboxylic acids is 1. The standard InChI is InChI=1S/C14H20N2O/c1-3-15-13-5-4-11(10-17)12(8-13)9-16(2)14-6-7-14/h4-5,8,10,14-15H,3,6-7,9H2,1-2H3. The van der Waals surface area contributed by atoms with Gasteiger partial charge in [0.2, 0.25) is 0 Å². The zero-order chi connectivity index (χ0) is 12.3. The summed E-state index contributed by atoms with van der Waals surface area (Å²) in [6, 6.07) is 6.68. The Morgan fingerprint density at radius 3 is 2.82 bits per heavy atom. The van der Waals surface area contributed by atoms with E-state index < -0.39 is 0 Å². The molecule has 0 radical (unpaired) electrons. The van der Waals surface area contributed by atoms with Crippen LogP contribution in [0.4, 0.5) is 5.69 Å². The number of aldehydes is 1. The Hall–Kier alpha value is -1.35. The topological polar surface area (TPSA) is 32.3 Å². The Balaban J connectivity index is 2.15. The smallest absolute Gasteiger partial charge is 0.150 e. The maximum absolute atomic E-state index is 11.0. The highest BCUT2D eigenvalue weighted by atomic mass is 16.1. The van der Waals surface area contributed by atoms with E-state index in [2.05, 4.69) is 30.3 Å². The molecule has 1 N–H and O–H groups in total. The average Bonchev–Trinajstić information content (AvgIpc) is 3.13. The van der Waals surface area contributed by atoms with E-state index in [1.54, 1.807) is 0 Å². The van der Waals surface area contributed by atoms with Crippen LogP contribution in [0.3, 0.4) is 0 Å². The summed E-state index contributed by atoms with van der Waals surface area (Å²) < 4.78 is 0. The molecule has 3 nitrogen and oxygen atoms in total. The first-order valence-electron chi connectivity index (χ1n) is 6.26. The molecule has 2 rings (SSSR count). The second-order valence-corrected chi connectivity index (χ2v) is 4.71. The number of rotatable bonds is 6. The monoisotopic (exact) mass is 232 g/mol. The molecule has 1 aromatic carbocycles. The highest BCUT2D eigenvalue weighted by Crippen LogP contribution is 2.27. The van der Waals surface area contributed by atoms with Crippen LogP contribution >= 0.6 is 0 Å². The molecule has 0 bridgehead atoms. The molecule has 0 atom stereocenters. The third-order valence-corrected chi connectivity index (χ3v) is 3.24. The van der Waals surface area contributed by atoms with Gasteiger partial charge in [0.05, 0.1) is 0 Å². The lowest BCUT2D eigenvalue weighted by Crippen LogP contribution is -2.20. The van der Waals surface area contributed by atoms with Crippen LogP contribution in [-0.2, 0) is 6.54 Å². The minimum absolute atomic E-state index is 0.720. The molecule has 1 aromatic rings. The Morgan fingerprint density at radius 1 is 1.47 bits per heavy atom. The fraction of sp³-hybridized carbons (Fsp3) is 0.500. The number of nitrogens with one attached hydrogen (secondary N) is 1. The molecule has 0 aromatic heterocycles. The zero-order valence-electron chi connectivity index (χ0n) is 10.6. The van der Waals surface area contributed by atoms with Crippen LogP contribution in [0.2, 0.25) is 0 Å². The van der Waals surface area contributed by atoms with Crippen molar-refractivity contribution in [1.82, 2.24) is 4.90 Å². The molecule has 0 spiro atoms. The van der Waals surface area contributed by atoms with Gasteiger partial charge in [-0.3, -0.25) is 9.69 Å². The Bertz CT molecular complexity index is 399. The Morgan fingerprint density at radius 2 is 2.24 bits per heavy atom. The van der Waals surface area contributed by atoms with Crippen LogP contribution in [0, 0.1) is 0 Å². The van der Waals surface area contributed by atoms with E-state index in [4.69, 9.17) is 0 Å². The molecule has 1 fully saturated rings. The van der Waals surface area contributed by atoms with Gasteiger partial charge >= 0.3 is 0 Å². The largest absolute Gasteiger partial charge is 0.385 e. The van der Waals surface area contributed by atoms with Crippen LogP contribution in [-0.4, -0.2) is 30.8 Å². The number of benzene rings is 1. The number of nitrogens with zero attached hydrogens (tertiary/aromatic N) is 1. The van der Waals surface area contributed by atoms with Gasteiger partial charge in [-0.1, -0.05) is 0 Å². The van der Waals surface area contributed by atoms with Crippen molar-refractivity contribution in [3.63, 3.8) is 0 Å². The number of hydrogen-bond donors (Lipinski definition) is 1. The van der Waals surface area contributed by atoms with E-state index in [-0.39, 0.29) is 0 Å². The summed E-state index contributed by atoms with van der Waals surface area (Å²) >= 11 is 0. The fourth-order valence-electron chi connectivity index (χ4n) is 2.08. The Labute approximate surface area is 103 Å². The molecule has 3 heteroatoms. The quantitative estimate of drug-likeness (QED) is 0.765. The summed E-state index contributed by atoms with van der Waals surface area (Å²) in [5.74, 6) is 0. The van der Waals surface area contributed by atoms with Crippen molar-refractivity contribution >= 4 is 12.0 Å². The predicted octanol–water partition coefficient (Wildman–Crippen LogP) is 2.53. The first-order chi connectivity index (χ1) is 8.24. The van der Waals surface area contributed by atoms with E-state index >= 15 is 0 Å². The third kappa shape index (κ3) is 3.07. The fourth-order valence-corrected chi connectivity index (χ4v) is 2.08. The number of carbonyl (C=O) groups is 1. The molecule has 1 aliphatic rings. The van der Waals surface area contributed by atoms with Crippen molar-refractivity contribution in [3.8, 4) is 0 Å². The number of hydrogen-bond acceptors (Lipinski definition) is 3. The molecule has 0 amide bonds. The molecular weight excluding hydrogens is 212 g/mol. The van der Waals surface area contributed by atoms with Crippen molar-refractivity contribution in [1.29, 1.82) is 0 Å². The summed E-state index contributed by atoms with van der Waals surface area (Å²) in [7, 11) is 2.13. The SMILES string of the molecule is CCNc1ccc(C=O)c(CN(C)C2CC2)c1. The van der Waals surface area contributed by atoms with Gasteiger partial charge in [-0.05, 0) is 50.6 Å². The molecule has 17 heavy (non-hydrogen) atoms. The van der Waals surface area contributed by atoms with Crippen LogP contribution in [0.1, 0.15) is 35.7 Å². The minimum atomic E-state index is 0.720. The van der Waals surface area contributed by atoms with E-state index in [1.807, 2.05) is 12.1 Å². The summed E-state index contributed by atoms with van der Waals surface area (Å²) in [6.07, 6.45) is 3.53. The summed E-state index contributed by atoms with van der Waals surface area (Å²) in [5, 5.41) is 3.28. The summed E-state index contributed by atoms with van der Waals surface area (Å²) in [5.41, 5.74) is 3.02. The zero-order valence-corrected chi connectivity index (χ0v) is 10.6. The molecular formula is C14H20N2O. The van der Waals surface area contributed by atoms with Crippen molar-refractivity contribution in [2.45, 2.75) is 32.4 Å². The highest BCUT2D eigenvalue weighted by molar-refractivity contribution is 5.78. The predicted molar refractivity (Wildman–Crippen MR) is 70.5 cm³/mol. The van der Waals surface area contributed by atoms with Gasteiger partial charge in [0.25, 0.3) is 0 Å². The van der Waals surface area contributed by atoms with Gasteiger partial charge in [-0.2, -0.15) is 0 Å². The second-order valence-electron chi connectivity index (χ2n) is 4.71. The van der Waals surface area contributed by atoms with E-state index in [0.717, 1.165) is 42.2 Å². The van der Waals surface area contributed by atoms with Gasteiger partial charge in [0, 0.05) is 30.4 Å². The molecule has 0 unspecified atom stereocenters. The lowest BCUT2D eigenvalue weighted by atomic mass is 10.1. The van der Waals surface area contributed by atoms with Crippen LogP contribution in [0.15, 0.2) is 18.2 Å². The van der Waals surface area contributed by atoms with Crippen molar-refractivity contribution in [3.05, 3.63) is 29.3 Å². The van der Waals surface area contributed by atoms with E-state index in [1.165, 1.54) is 12.8 Å². The molecule has 1 saturated carbocycles. The van der Waals surface area contributed by atoms with Gasteiger partial charge < -0.3 is 5.32 Å². The van der Waals surface area contributed by atoms with Crippen molar-refractivity contribution < 1.29 is 4.79 Å². The van der Waals surface area contributed by atoms with Gasteiger partial charge in [-0.25, -0.2) is 0 Å². The molecule has 0 aliphatic heterocycles. The van der Waals surface area contributed by atoms with Gasteiger partial charge in [0.1, 0.15) is 6.29 Å². The molecule has 92 valence electrons. The van der Waals surface area contributed by atoms with Crippen LogP contribution in [0.25, 0.3) is 0 Å². The number of anilines is 1. The normalized spacial score (nSPS) is 15.0. The molecule has 0 heterocycles. The van der Waals surface area contributed by atoms with Crippen LogP contribution < -0.4 is 5.32 Å². The van der Waals surface area contributed by atoms with Gasteiger partial charge in [-0.15, -0.1) is 0 Å². The molecule has 0 saturated heterocycles. The van der Waals surface area contributed by atoms with Crippen LogP contribution in [0.5, 0.6) is 0 Å². The highest BCUT2D eigenvalue weighted by Gasteiger charge is 2.26. The maximum atomic E-state index is 11.0. The lowest BCUT2D eigenvalue weighted by Gasteiger charge is -2.17. The van der Waals surface area contributed by atoms with Crippen molar-refractivity contribution in [2.75, 3.05) is 18.9 Å². The summed E-state index contributed by atoms with van der Waals surface area (Å²) in [4.78, 5) is 13.4. The molecule has 1 aliphatic carbocycles. The minimum Gasteiger partial charge on any atom is -0.385 e. The summed E-state index contributed by atoms with van der Waals surface area (Å²) in [6.45, 7) is 3.83. The maximum Gasteiger partial charge on any atom is 0.150 e. The van der Waals surface area contributed by atoms with E-state index in [0.29, 0.717) is 0 Å². The van der Waals surface area contributed by atoms with E-state index in [9.17, 15) is 4.79 Å². The first kappa shape index (κ1) is 12.1. The Kier molecular flexibility index (Phi) is 3.79. The first-order valence-corrected chi connectivity index (χ1v) is 6.26. The lowest BCUT2D eigenvalue weighted by molar-refractivity contribution is 0.112. The van der Waals surface area contributed by atoms with Gasteiger partial charge in [0.15, 0.2) is 0 Å². The third-order valence-electron chi connectivity index (χ3n) is 3.24. The average molecular weight is 232 g/mol. The van der Waals surface area contributed by atoms with Crippen molar-refractivity contribution in [2.24, 2.45) is 0 Å². The second kappa shape index (κ2) is 5.32.